The van der Waals surface area contributed by atoms with Crippen molar-refractivity contribution in [2.75, 3.05) is 6.61 Å². The van der Waals surface area contributed by atoms with Gasteiger partial charge in [0.2, 0.25) is 0 Å². The Morgan fingerprint density at radius 3 is 2.17 bits per heavy atom. The number of carbonyl (C=O) groups excluding carboxylic acids is 1. The highest BCUT2D eigenvalue weighted by molar-refractivity contribution is 5.36. The smallest absolute Gasteiger partial charge is 0.293 e. The van der Waals surface area contributed by atoms with Crippen molar-refractivity contribution in [3.05, 3.63) is 36.1 Å². The Bertz CT molecular complexity index is 199. The van der Waals surface area contributed by atoms with E-state index in [1.807, 2.05) is 0 Å². The van der Waals surface area contributed by atoms with Crippen LogP contribution in [0.1, 0.15) is 6.92 Å². The summed E-state index contributed by atoms with van der Waals surface area (Å²) in [5, 5.41) is 0. The summed E-state index contributed by atoms with van der Waals surface area (Å²) in [7, 11) is 0. The zero-order chi connectivity index (χ0) is 9.23. The minimum atomic E-state index is -0.178. The minimum absolute atomic E-state index is 0.178. The van der Waals surface area contributed by atoms with Crippen LogP contribution in [-0.2, 0) is 9.53 Å². The number of hydrogen-bond acceptors (Lipinski definition) is 2. The Kier molecular flexibility index (Phi) is 6.84. The maximum absolute atomic E-state index is 11.9. The molecule has 0 radical (unpaired) electrons. The van der Waals surface area contributed by atoms with Crippen molar-refractivity contribution in [2.24, 2.45) is 0 Å². The number of halogens is 1. The largest absolute Gasteiger partial charge is 0.468 e. The van der Waals surface area contributed by atoms with E-state index in [0.29, 0.717) is 13.1 Å². The first-order valence-electron chi connectivity index (χ1n) is 3.57. The number of rotatable bonds is 2. The lowest BCUT2D eigenvalue weighted by Gasteiger charge is -1.79. The normalized spacial score (nSPS) is 7.83. The van der Waals surface area contributed by atoms with Gasteiger partial charge in [-0.15, -0.1) is 0 Å². The second-order valence-electron chi connectivity index (χ2n) is 1.85. The molecule has 0 aliphatic carbocycles. The summed E-state index contributed by atoms with van der Waals surface area (Å²) < 4.78 is 16.1. The molecule has 0 saturated carbocycles. The van der Waals surface area contributed by atoms with Crippen molar-refractivity contribution in [1.82, 2.24) is 0 Å². The molecule has 0 heterocycles. The molecular formula is C9H11FO2. The highest BCUT2D eigenvalue weighted by Gasteiger charge is 1.77. The molecule has 3 heteroatoms. The highest BCUT2D eigenvalue weighted by Crippen LogP contribution is 1.91. The second kappa shape index (κ2) is 7.72. The zero-order valence-corrected chi connectivity index (χ0v) is 6.87. The topological polar surface area (TPSA) is 26.3 Å². The van der Waals surface area contributed by atoms with Gasteiger partial charge in [0.25, 0.3) is 6.47 Å². The molecule has 12 heavy (non-hydrogen) atoms. The molecule has 1 aromatic carbocycles. The maximum Gasteiger partial charge on any atom is 0.293 e. The van der Waals surface area contributed by atoms with E-state index >= 15 is 0 Å². The lowest BCUT2D eigenvalue weighted by molar-refractivity contribution is -0.128. The summed E-state index contributed by atoms with van der Waals surface area (Å²) in [6.07, 6.45) is 0. The van der Waals surface area contributed by atoms with Gasteiger partial charge in [0, 0.05) is 0 Å². The van der Waals surface area contributed by atoms with Crippen LogP contribution in [0.5, 0.6) is 0 Å². The van der Waals surface area contributed by atoms with E-state index in [1.54, 1.807) is 25.1 Å². The molecule has 0 N–H and O–H groups in total. The summed E-state index contributed by atoms with van der Waals surface area (Å²) in [5.41, 5.74) is 0. The molecule has 0 aliphatic heterocycles. The summed E-state index contributed by atoms with van der Waals surface area (Å²) in [6.45, 7) is 2.66. The molecule has 0 saturated heterocycles. The molecule has 0 aromatic heterocycles. The van der Waals surface area contributed by atoms with Crippen molar-refractivity contribution in [1.29, 1.82) is 0 Å². The van der Waals surface area contributed by atoms with Crippen LogP contribution in [0.4, 0.5) is 4.39 Å². The van der Waals surface area contributed by atoms with Crippen LogP contribution in [0.25, 0.3) is 0 Å². The van der Waals surface area contributed by atoms with Gasteiger partial charge in [0.05, 0.1) is 6.61 Å². The quantitative estimate of drug-likeness (QED) is 0.634. The van der Waals surface area contributed by atoms with E-state index in [9.17, 15) is 9.18 Å². The Labute approximate surface area is 71.0 Å². The van der Waals surface area contributed by atoms with E-state index in [1.165, 1.54) is 12.1 Å². The van der Waals surface area contributed by atoms with Crippen LogP contribution >= 0.6 is 0 Å². The highest BCUT2D eigenvalue weighted by atomic mass is 19.1. The number of benzene rings is 1. The van der Waals surface area contributed by atoms with Gasteiger partial charge in [-0.1, -0.05) is 18.2 Å². The average molecular weight is 170 g/mol. The first kappa shape index (κ1) is 10.6. The fourth-order valence-electron chi connectivity index (χ4n) is 0.483. The average Bonchev–Trinajstić information content (AvgIpc) is 2.08. The molecular weight excluding hydrogens is 159 g/mol. The lowest BCUT2D eigenvalue weighted by Crippen LogP contribution is -1.80. The first-order valence-corrected chi connectivity index (χ1v) is 3.57. The van der Waals surface area contributed by atoms with Gasteiger partial charge in [0.15, 0.2) is 0 Å². The fraction of sp³-hybridized carbons (Fsp3) is 0.222. The van der Waals surface area contributed by atoms with E-state index in [0.717, 1.165) is 0 Å². The summed E-state index contributed by atoms with van der Waals surface area (Å²) in [4.78, 5) is 9.18. The van der Waals surface area contributed by atoms with Gasteiger partial charge in [-0.3, -0.25) is 4.79 Å². The number of carbonyl (C=O) groups is 1. The van der Waals surface area contributed by atoms with Gasteiger partial charge in [-0.05, 0) is 19.1 Å². The van der Waals surface area contributed by atoms with Crippen LogP contribution < -0.4 is 0 Å². The fourth-order valence-corrected chi connectivity index (χ4v) is 0.483. The summed E-state index contributed by atoms with van der Waals surface area (Å²) >= 11 is 0. The number of hydrogen-bond donors (Lipinski definition) is 0. The SMILES string of the molecule is CCOC=O.Fc1ccccc1. The van der Waals surface area contributed by atoms with Crippen molar-refractivity contribution in [3.8, 4) is 0 Å². The molecule has 1 rings (SSSR count). The van der Waals surface area contributed by atoms with Crippen molar-refractivity contribution in [2.45, 2.75) is 6.92 Å². The van der Waals surface area contributed by atoms with Gasteiger partial charge in [0.1, 0.15) is 5.82 Å². The Morgan fingerprint density at radius 2 is 2.00 bits per heavy atom. The van der Waals surface area contributed by atoms with Gasteiger partial charge in [-0.2, -0.15) is 0 Å². The van der Waals surface area contributed by atoms with Crippen molar-refractivity contribution < 1.29 is 13.9 Å². The van der Waals surface area contributed by atoms with E-state index in [-0.39, 0.29) is 5.82 Å². The van der Waals surface area contributed by atoms with Gasteiger partial charge in [-0.25, -0.2) is 4.39 Å². The Balaban J connectivity index is 0.000000217. The predicted octanol–water partition coefficient (Wildman–Crippen LogP) is 2.00. The monoisotopic (exact) mass is 170 g/mol. The van der Waals surface area contributed by atoms with Crippen LogP contribution in [0.15, 0.2) is 30.3 Å². The summed E-state index contributed by atoms with van der Waals surface area (Å²) in [6, 6.07) is 7.94. The van der Waals surface area contributed by atoms with Crippen LogP contribution in [0, 0.1) is 5.82 Å². The first-order chi connectivity index (χ1) is 5.81. The molecule has 0 amide bonds. The second-order valence-corrected chi connectivity index (χ2v) is 1.85. The third-order valence-electron chi connectivity index (χ3n) is 0.968. The van der Waals surface area contributed by atoms with E-state index < -0.39 is 0 Å². The third kappa shape index (κ3) is 6.74. The Hall–Kier alpha value is -1.38. The Morgan fingerprint density at radius 1 is 1.42 bits per heavy atom. The zero-order valence-electron chi connectivity index (χ0n) is 6.87. The third-order valence-corrected chi connectivity index (χ3v) is 0.968. The molecule has 0 unspecified atom stereocenters. The van der Waals surface area contributed by atoms with E-state index in [4.69, 9.17) is 0 Å². The van der Waals surface area contributed by atoms with Gasteiger partial charge < -0.3 is 4.74 Å². The summed E-state index contributed by atoms with van der Waals surface area (Å²) in [5.74, 6) is -0.178. The van der Waals surface area contributed by atoms with Crippen LogP contribution in [0.2, 0.25) is 0 Å². The molecule has 1 aromatic rings. The van der Waals surface area contributed by atoms with Crippen LogP contribution in [-0.4, -0.2) is 13.1 Å². The standard InChI is InChI=1S/C6H5F.C3H6O2/c7-6-4-2-1-3-5-6;1-2-5-3-4/h1-5H;3H,2H2,1H3. The molecule has 66 valence electrons. The maximum atomic E-state index is 11.9. The van der Waals surface area contributed by atoms with Crippen molar-refractivity contribution >= 4 is 6.47 Å². The molecule has 0 bridgehead atoms. The molecule has 0 atom stereocenters. The molecule has 0 fully saturated rings. The molecule has 0 spiro atoms. The number of ether oxygens (including phenoxy) is 1. The predicted molar refractivity (Wildman–Crippen MR) is 44.1 cm³/mol. The van der Waals surface area contributed by atoms with Crippen molar-refractivity contribution in [3.63, 3.8) is 0 Å². The van der Waals surface area contributed by atoms with Gasteiger partial charge >= 0.3 is 0 Å². The lowest BCUT2D eigenvalue weighted by atomic mass is 10.4. The van der Waals surface area contributed by atoms with E-state index in [2.05, 4.69) is 4.74 Å². The van der Waals surface area contributed by atoms with Crippen LogP contribution in [0.3, 0.4) is 0 Å². The molecule has 0 aliphatic rings. The molecule has 2 nitrogen and oxygen atoms in total. The minimum Gasteiger partial charge on any atom is -0.468 e.